The molecule has 1 saturated carbocycles. The number of benzene rings is 1. The second-order valence-electron chi connectivity index (χ2n) is 5.49. The van der Waals surface area contributed by atoms with E-state index in [2.05, 4.69) is 18.3 Å². The molecule has 0 radical (unpaired) electrons. The fourth-order valence-electron chi connectivity index (χ4n) is 2.91. The van der Waals surface area contributed by atoms with E-state index in [4.69, 9.17) is 23.2 Å². The highest BCUT2D eigenvalue weighted by Crippen LogP contribution is 2.28. The average Bonchev–Trinajstić information content (AvgIpc) is 2.68. The largest absolute Gasteiger partial charge is 0.307 e. The third-order valence-electron chi connectivity index (χ3n) is 4.05. The van der Waals surface area contributed by atoms with Gasteiger partial charge in [0.15, 0.2) is 0 Å². The van der Waals surface area contributed by atoms with E-state index in [0.29, 0.717) is 22.1 Å². The molecule has 19 heavy (non-hydrogen) atoms. The summed E-state index contributed by atoms with van der Waals surface area (Å²) in [5.74, 6) is 0. The van der Waals surface area contributed by atoms with Gasteiger partial charge in [0.05, 0.1) is 10.0 Å². The number of hydrogen-bond donors (Lipinski definition) is 1. The van der Waals surface area contributed by atoms with Crippen LogP contribution in [0.3, 0.4) is 0 Å². The highest BCUT2D eigenvalue weighted by Gasteiger charge is 2.17. The summed E-state index contributed by atoms with van der Waals surface area (Å²) in [6, 6.07) is 7.03. The van der Waals surface area contributed by atoms with Crippen LogP contribution in [0.15, 0.2) is 18.2 Å². The molecule has 1 fully saturated rings. The van der Waals surface area contributed by atoms with Gasteiger partial charge in [0, 0.05) is 12.1 Å². The maximum absolute atomic E-state index is 6.12. The quantitative estimate of drug-likeness (QED) is 0.697. The minimum atomic E-state index is 0.387. The molecule has 0 aromatic heterocycles. The van der Waals surface area contributed by atoms with Gasteiger partial charge >= 0.3 is 0 Å². The third-order valence-corrected chi connectivity index (χ3v) is 4.79. The predicted octanol–water partition coefficient (Wildman–Crippen LogP) is 5.76. The highest BCUT2D eigenvalue weighted by atomic mass is 35.5. The molecule has 1 nitrogen and oxygen atoms in total. The zero-order valence-electron chi connectivity index (χ0n) is 11.6. The maximum Gasteiger partial charge on any atom is 0.0595 e. The number of hydrogen-bond acceptors (Lipinski definition) is 1. The minimum Gasteiger partial charge on any atom is -0.307 e. The number of nitrogens with one attached hydrogen (secondary N) is 1. The Morgan fingerprint density at radius 1 is 1.11 bits per heavy atom. The van der Waals surface area contributed by atoms with Gasteiger partial charge in [-0.2, -0.15) is 0 Å². The van der Waals surface area contributed by atoms with Crippen molar-refractivity contribution in [3.63, 3.8) is 0 Å². The summed E-state index contributed by atoms with van der Waals surface area (Å²) in [5.41, 5.74) is 1.25. The van der Waals surface area contributed by atoms with Gasteiger partial charge in [-0.05, 0) is 37.0 Å². The first kappa shape index (κ1) is 15.2. The molecule has 1 atom stereocenters. The van der Waals surface area contributed by atoms with Crippen molar-refractivity contribution in [3.8, 4) is 0 Å². The monoisotopic (exact) mass is 299 g/mol. The summed E-state index contributed by atoms with van der Waals surface area (Å²) < 4.78 is 0. The molecular formula is C16H23Cl2N. The maximum atomic E-state index is 6.12. The zero-order valence-corrected chi connectivity index (χ0v) is 13.1. The van der Waals surface area contributed by atoms with Crippen LogP contribution >= 0.6 is 23.2 Å². The third kappa shape index (κ3) is 4.37. The van der Waals surface area contributed by atoms with E-state index in [-0.39, 0.29) is 0 Å². The second-order valence-corrected chi connectivity index (χ2v) is 6.30. The first-order valence-electron chi connectivity index (χ1n) is 7.41. The summed E-state index contributed by atoms with van der Waals surface area (Å²) >= 11 is 12.1. The van der Waals surface area contributed by atoms with Gasteiger partial charge in [-0.25, -0.2) is 0 Å². The normalized spacial score (nSPS) is 19.1. The molecule has 3 heteroatoms. The molecule has 1 aromatic carbocycles. The Balaban J connectivity index is 2.03. The smallest absolute Gasteiger partial charge is 0.0595 e. The molecule has 1 N–H and O–H groups in total. The van der Waals surface area contributed by atoms with Gasteiger partial charge < -0.3 is 5.32 Å². The van der Waals surface area contributed by atoms with Crippen LogP contribution in [0.1, 0.15) is 63.5 Å². The van der Waals surface area contributed by atoms with Crippen molar-refractivity contribution in [1.29, 1.82) is 0 Å². The van der Waals surface area contributed by atoms with Gasteiger partial charge in [0.25, 0.3) is 0 Å². The van der Waals surface area contributed by atoms with Crippen molar-refractivity contribution in [2.24, 2.45) is 0 Å². The SMILES string of the molecule is CCC(NC1CCCCCC1)c1ccc(Cl)c(Cl)c1. The van der Waals surface area contributed by atoms with Gasteiger partial charge in [-0.15, -0.1) is 0 Å². The number of halogens is 2. The Bertz CT molecular complexity index is 398. The minimum absolute atomic E-state index is 0.387. The highest BCUT2D eigenvalue weighted by molar-refractivity contribution is 6.42. The molecule has 1 aromatic rings. The molecule has 0 spiro atoms. The molecule has 106 valence electrons. The molecule has 1 aliphatic carbocycles. The standard InChI is InChI=1S/C16H23Cl2N/c1-2-16(12-9-10-14(17)15(18)11-12)19-13-7-5-3-4-6-8-13/h9-11,13,16,19H,2-8H2,1H3. The van der Waals surface area contributed by atoms with Crippen LogP contribution in [0, 0.1) is 0 Å². The lowest BCUT2D eigenvalue weighted by atomic mass is 10.0. The molecule has 0 saturated heterocycles. The zero-order chi connectivity index (χ0) is 13.7. The molecule has 0 bridgehead atoms. The lowest BCUT2D eigenvalue weighted by Gasteiger charge is -2.24. The van der Waals surface area contributed by atoms with Crippen molar-refractivity contribution < 1.29 is 0 Å². The van der Waals surface area contributed by atoms with E-state index < -0.39 is 0 Å². The van der Waals surface area contributed by atoms with Crippen LogP contribution in [0.5, 0.6) is 0 Å². The molecular weight excluding hydrogens is 277 g/mol. The number of rotatable bonds is 4. The Labute approximate surface area is 126 Å². The van der Waals surface area contributed by atoms with Crippen LogP contribution in [-0.4, -0.2) is 6.04 Å². The molecule has 0 heterocycles. The van der Waals surface area contributed by atoms with E-state index in [1.54, 1.807) is 0 Å². The fraction of sp³-hybridized carbons (Fsp3) is 0.625. The van der Waals surface area contributed by atoms with Crippen molar-refractivity contribution in [2.75, 3.05) is 0 Å². The van der Waals surface area contributed by atoms with Gasteiger partial charge in [-0.3, -0.25) is 0 Å². The summed E-state index contributed by atoms with van der Waals surface area (Å²) in [6.45, 7) is 2.22. The van der Waals surface area contributed by atoms with E-state index in [1.807, 2.05) is 12.1 Å². The van der Waals surface area contributed by atoms with Crippen molar-refractivity contribution >= 4 is 23.2 Å². The van der Waals surface area contributed by atoms with Crippen LogP contribution < -0.4 is 5.32 Å². The lowest BCUT2D eigenvalue weighted by molar-refractivity contribution is 0.392. The molecule has 1 unspecified atom stereocenters. The van der Waals surface area contributed by atoms with E-state index in [9.17, 15) is 0 Å². The molecule has 0 aliphatic heterocycles. The average molecular weight is 300 g/mol. The van der Waals surface area contributed by atoms with Gasteiger partial charge in [0.1, 0.15) is 0 Å². The fourth-order valence-corrected chi connectivity index (χ4v) is 3.22. The van der Waals surface area contributed by atoms with E-state index in [0.717, 1.165) is 6.42 Å². The van der Waals surface area contributed by atoms with E-state index in [1.165, 1.54) is 44.1 Å². The van der Waals surface area contributed by atoms with Crippen LogP contribution in [0.4, 0.5) is 0 Å². The Morgan fingerprint density at radius 2 is 1.79 bits per heavy atom. The summed E-state index contributed by atoms with van der Waals surface area (Å²) in [6.07, 6.45) is 9.18. The molecule has 1 aliphatic rings. The summed E-state index contributed by atoms with van der Waals surface area (Å²) in [7, 11) is 0. The lowest BCUT2D eigenvalue weighted by Crippen LogP contribution is -2.32. The van der Waals surface area contributed by atoms with E-state index >= 15 is 0 Å². The molecule has 0 amide bonds. The van der Waals surface area contributed by atoms with Crippen LogP contribution in [-0.2, 0) is 0 Å². The first-order valence-corrected chi connectivity index (χ1v) is 8.17. The van der Waals surface area contributed by atoms with Crippen molar-refractivity contribution in [2.45, 2.75) is 64.0 Å². The van der Waals surface area contributed by atoms with Gasteiger partial charge in [-0.1, -0.05) is 61.9 Å². The van der Waals surface area contributed by atoms with Gasteiger partial charge in [0.2, 0.25) is 0 Å². The Morgan fingerprint density at radius 3 is 2.37 bits per heavy atom. The molecule has 2 rings (SSSR count). The second kappa shape index (κ2) is 7.52. The van der Waals surface area contributed by atoms with Crippen molar-refractivity contribution in [1.82, 2.24) is 5.32 Å². The van der Waals surface area contributed by atoms with Crippen LogP contribution in [0.25, 0.3) is 0 Å². The Kier molecular flexibility index (Phi) is 6.00. The summed E-state index contributed by atoms with van der Waals surface area (Å²) in [5, 5.41) is 5.09. The first-order chi connectivity index (χ1) is 9.20. The van der Waals surface area contributed by atoms with Crippen molar-refractivity contribution in [3.05, 3.63) is 33.8 Å². The summed E-state index contributed by atoms with van der Waals surface area (Å²) in [4.78, 5) is 0. The predicted molar refractivity (Wildman–Crippen MR) is 84.1 cm³/mol. The van der Waals surface area contributed by atoms with Crippen LogP contribution in [0.2, 0.25) is 10.0 Å². The topological polar surface area (TPSA) is 12.0 Å². The Hall–Kier alpha value is -0.240.